The van der Waals surface area contributed by atoms with Gasteiger partial charge in [0.1, 0.15) is 5.75 Å². The van der Waals surface area contributed by atoms with Crippen LogP contribution >= 0.6 is 0 Å². The fraction of sp³-hybridized carbons (Fsp3) is 0.385. The summed E-state index contributed by atoms with van der Waals surface area (Å²) in [5.41, 5.74) is 11.4. The van der Waals surface area contributed by atoms with Crippen LogP contribution in [0.1, 0.15) is 30.1 Å². The van der Waals surface area contributed by atoms with Crippen molar-refractivity contribution in [2.75, 3.05) is 18.9 Å². The van der Waals surface area contributed by atoms with Crippen LogP contribution < -0.4 is 21.5 Å². The lowest BCUT2D eigenvalue weighted by atomic mass is 10.1. The van der Waals surface area contributed by atoms with E-state index in [1.807, 2.05) is 6.92 Å². The van der Waals surface area contributed by atoms with Crippen molar-refractivity contribution in [2.45, 2.75) is 19.8 Å². The number of anilines is 1. The van der Waals surface area contributed by atoms with Gasteiger partial charge in [-0.3, -0.25) is 9.59 Å². The maximum Gasteiger partial charge on any atom is 0.257 e. The van der Waals surface area contributed by atoms with E-state index in [-0.39, 0.29) is 23.8 Å². The number of benzene rings is 1. The lowest BCUT2D eigenvalue weighted by molar-refractivity contribution is -0.123. The van der Waals surface area contributed by atoms with Crippen LogP contribution in [0.3, 0.4) is 0 Å². The zero-order valence-corrected chi connectivity index (χ0v) is 10.9. The monoisotopic (exact) mass is 265 g/mol. The number of primary amides is 1. The van der Waals surface area contributed by atoms with Crippen molar-refractivity contribution in [3.63, 3.8) is 0 Å². The van der Waals surface area contributed by atoms with E-state index in [1.54, 1.807) is 6.07 Å². The van der Waals surface area contributed by atoms with E-state index in [0.717, 1.165) is 12.8 Å². The zero-order chi connectivity index (χ0) is 14.3. The summed E-state index contributed by atoms with van der Waals surface area (Å²) in [5, 5.41) is 2.71. The predicted octanol–water partition coefficient (Wildman–Crippen LogP) is 0.663. The molecule has 0 unspecified atom stereocenters. The fourth-order valence-electron chi connectivity index (χ4n) is 1.46. The van der Waals surface area contributed by atoms with Crippen LogP contribution in [0.2, 0.25) is 0 Å². The number of hydrogen-bond acceptors (Lipinski definition) is 4. The number of nitrogens with two attached hydrogens (primary N) is 2. The smallest absolute Gasteiger partial charge is 0.257 e. The summed E-state index contributed by atoms with van der Waals surface area (Å²) in [5.74, 6) is -0.623. The average molecular weight is 265 g/mol. The Labute approximate surface area is 112 Å². The van der Waals surface area contributed by atoms with Gasteiger partial charge in [-0.15, -0.1) is 0 Å². The maximum atomic E-state index is 11.5. The third-order valence-corrected chi connectivity index (χ3v) is 2.48. The van der Waals surface area contributed by atoms with Gasteiger partial charge < -0.3 is 21.5 Å². The van der Waals surface area contributed by atoms with Crippen LogP contribution in [0, 0.1) is 0 Å². The van der Waals surface area contributed by atoms with Crippen molar-refractivity contribution >= 4 is 17.5 Å². The quantitative estimate of drug-likeness (QED) is 0.497. The molecule has 0 aliphatic heterocycles. The third-order valence-electron chi connectivity index (χ3n) is 2.48. The molecule has 1 aromatic carbocycles. The summed E-state index contributed by atoms with van der Waals surface area (Å²) in [6.07, 6.45) is 1.92. The minimum Gasteiger partial charge on any atom is -0.483 e. The number of nitrogens with one attached hydrogen (secondary N) is 1. The molecule has 0 bridgehead atoms. The number of amides is 2. The number of hydrogen-bond donors (Lipinski definition) is 3. The second kappa shape index (κ2) is 7.25. The molecule has 0 fully saturated rings. The topological polar surface area (TPSA) is 107 Å². The molecule has 6 heteroatoms. The van der Waals surface area contributed by atoms with Crippen LogP contribution in [-0.4, -0.2) is 25.0 Å². The van der Waals surface area contributed by atoms with E-state index in [2.05, 4.69) is 5.32 Å². The van der Waals surface area contributed by atoms with Crippen molar-refractivity contribution in [3.8, 4) is 5.75 Å². The lowest BCUT2D eigenvalue weighted by Gasteiger charge is -2.10. The number of carbonyl (C=O) groups is 2. The Morgan fingerprint density at radius 2 is 2.11 bits per heavy atom. The van der Waals surface area contributed by atoms with Crippen LogP contribution in [0.25, 0.3) is 0 Å². The molecule has 0 spiro atoms. The first-order valence-corrected chi connectivity index (χ1v) is 6.13. The molecule has 5 N–H and O–H groups in total. The Morgan fingerprint density at radius 1 is 1.37 bits per heavy atom. The molecular formula is C13H19N3O3. The standard InChI is InChI=1S/C13H19N3O3/c1-2-3-6-16-12(17)8-19-11-5-4-9(14)7-10(11)13(15)18/h4-5,7H,2-3,6,8,14H2,1H3,(H2,15,18)(H,16,17). The van der Waals surface area contributed by atoms with Gasteiger partial charge in [0.25, 0.3) is 11.8 Å². The van der Waals surface area contributed by atoms with Crippen molar-refractivity contribution < 1.29 is 14.3 Å². The highest BCUT2D eigenvalue weighted by Crippen LogP contribution is 2.20. The van der Waals surface area contributed by atoms with Gasteiger partial charge >= 0.3 is 0 Å². The molecule has 0 saturated heterocycles. The number of rotatable bonds is 7. The maximum absolute atomic E-state index is 11.5. The molecule has 0 saturated carbocycles. The summed E-state index contributed by atoms with van der Waals surface area (Å²) in [6, 6.07) is 4.53. The van der Waals surface area contributed by atoms with Gasteiger partial charge in [-0.25, -0.2) is 0 Å². The van der Waals surface area contributed by atoms with Crippen molar-refractivity contribution in [1.29, 1.82) is 0 Å². The van der Waals surface area contributed by atoms with Gasteiger partial charge in [0.2, 0.25) is 0 Å². The van der Waals surface area contributed by atoms with Gasteiger partial charge in [-0.05, 0) is 24.6 Å². The van der Waals surface area contributed by atoms with Crippen LogP contribution in [0.4, 0.5) is 5.69 Å². The van der Waals surface area contributed by atoms with E-state index in [0.29, 0.717) is 12.2 Å². The molecule has 0 aromatic heterocycles. The van der Waals surface area contributed by atoms with Crippen LogP contribution in [0.15, 0.2) is 18.2 Å². The van der Waals surface area contributed by atoms with Crippen LogP contribution in [-0.2, 0) is 4.79 Å². The van der Waals surface area contributed by atoms with Gasteiger partial charge in [0.05, 0.1) is 5.56 Å². The molecule has 104 valence electrons. The molecular weight excluding hydrogens is 246 g/mol. The number of carbonyl (C=O) groups excluding carboxylic acids is 2. The number of unbranched alkanes of at least 4 members (excludes halogenated alkanes) is 1. The summed E-state index contributed by atoms with van der Waals surface area (Å²) in [6.45, 7) is 2.49. The van der Waals surface area contributed by atoms with E-state index >= 15 is 0 Å². The van der Waals surface area contributed by atoms with Gasteiger partial charge in [0, 0.05) is 12.2 Å². The second-order valence-corrected chi connectivity index (χ2v) is 4.11. The molecule has 0 aliphatic rings. The molecule has 1 aromatic rings. The molecule has 19 heavy (non-hydrogen) atoms. The minimum absolute atomic E-state index is 0.159. The number of nitrogen functional groups attached to an aromatic ring is 1. The first-order valence-electron chi connectivity index (χ1n) is 6.13. The first kappa shape index (κ1) is 14.8. The Morgan fingerprint density at radius 3 is 2.74 bits per heavy atom. The second-order valence-electron chi connectivity index (χ2n) is 4.11. The van der Waals surface area contributed by atoms with Crippen molar-refractivity contribution in [2.24, 2.45) is 5.73 Å². The highest BCUT2D eigenvalue weighted by Gasteiger charge is 2.11. The van der Waals surface area contributed by atoms with Gasteiger partial charge in [0.15, 0.2) is 6.61 Å². The summed E-state index contributed by atoms with van der Waals surface area (Å²) < 4.78 is 5.28. The molecule has 0 heterocycles. The third kappa shape index (κ3) is 4.87. The largest absolute Gasteiger partial charge is 0.483 e. The van der Waals surface area contributed by atoms with E-state index in [9.17, 15) is 9.59 Å². The van der Waals surface area contributed by atoms with Crippen molar-refractivity contribution in [3.05, 3.63) is 23.8 Å². The predicted molar refractivity (Wildman–Crippen MR) is 72.8 cm³/mol. The fourth-order valence-corrected chi connectivity index (χ4v) is 1.46. The van der Waals surface area contributed by atoms with Gasteiger partial charge in [-0.2, -0.15) is 0 Å². The molecule has 0 atom stereocenters. The van der Waals surface area contributed by atoms with Gasteiger partial charge in [-0.1, -0.05) is 13.3 Å². The summed E-state index contributed by atoms with van der Waals surface area (Å²) in [7, 11) is 0. The van der Waals surface area contributed by atoms with Crippen LogP contribution in [0.5, 0.6) is 5.75 Å². The minimum atomic E-state index is -0.645. The molecule has 1 rings (SSSR count). The summed E-state index contributed by atoms with van der Waals surface area (Å²) >= 11 is 0. The van der Waals surface area contributed by atoms with Crippen molar-refractivity contribution in [1.82, 2.24) is 5.32 Å². The number of ether oxygens (including phenoxy) is 1. The zero-order valence-electron chi connectivity index (χ0n) is 10.9. The molecule has 6 nitrogen and oxygen atoms in total. The SMILES string of the molecule is CCCCNC(=O)COc1ccc(N)cc1C(N)=O. The summed E-state index contributed by atoms with van der Waals surface area (Å²) in [4.78, 5) is 22.7. The van der Waals surface area contributed by atoms with E-state index < -0.39 is 5.91 Å². The molecule has 2 amide bonds. The molecule has 0 radical (unpaired) electrons. The average Bonchev–Trinajstić information content (AvgIpc) is 2.37. The normalized spacial score (nSPS) is 9.95. The highest BCUT2D eigenvalue weighted by molar-refractivity contribution is 5.96. The first-order chi connectivity index (χ1) is 9.04. The Balaban J connectivity index is 2.57. The Hall–Kier alpha value is -2.24. The lowest BCUT2D eigenvalue weighted by Crippen LogP contribution is -2.30. The van der Waals surface area contributed by atoms with E-state index in [4.69, 9.17) is 16.2 Å². The van der Waals surface area contributed by atoms with E-state index in [1.165, 1.54) is 12.1 Å². The highest BCUT2D eigenvalue weighted by atomic mass is 16.5. The Kier molecular flexibility index (Phi) is 5.66. The molecule has 0 aliphatic carbocycles. The Bertz CT molecular complexity index is 460.